The predicted molar refractivity (Wildman–Crippen MR) is 148 cm³/mol. The molecule has 5 rings (SSSR count). The zero-order valence-corrected chi connectivity index (χ0v) is 23.4. The molecule has 2 aromatic rings. The summed E-state index contributed by atoms with van der Waals surface area (Å²) < 4.78 is 46.4. The van der Waals surface area contributed by atoms with Crippen molar-refractivity contribution in [2.24, 2.45) is 5.73 Å². The summed E-state index contributed by atoms with van der Waals surface area (Å²) in [4.78, 5) is 38.0. The Hall–Kier alpha value is -3.81. The number of hydrogen-bond donors (Lipinski definition) is 2. The molecule has 222 valence electrons. The first-order chi connectivity index (χ1) is 19.5. The second-order valence-electron chi connectivity index (χ2n) is 10.9. The molecule has 3 amide bonds. The van der Waals surface area contributed by atoms with E-state index in [1.165, 1.54) is 25.4 Å². The standard InChI is InChI=1S/C27H35F3N8O3/c1-35-12-10-16(11-13-35)18-8-9-19(22(41-3)21(18)23(31)39)33-25-32-14-20-24(34-25)38(17-6-4-5-7-17)37(15-27(28,29)30)26(40)36(20)2/h8-9,14,16-17H,4-7,10-13,15H2,1-3H3,(H2,31,39)(H,32,33,34). The largest absolute Gasteiger partial charge is 0.494 e. The lowest BCUT2D eigenvalue weighted by molar-refractivity contribution is -0.141. The Bertz CT molecular complexity index is 1310. The minimum atomic E-state index is -4.60. The maximum atomic E-state index is 13.6. The molecule has 1 saturated heterocycles. The van der Waals surface area contributed by atoms with Gasteiger partial charge in [0.15, 0.2) is 11.6 Å². The van der Waals surface area contributed by atoms with E-state index < -0.39 is 24.7 Å². The van der Waals surface area contributed by atoms with Gasteiger partial charge in [0, 0.05) is 7.05 Å². The third-order valence-electron chi connectivity index (χ3n) is 8.14. The van der Waals surface area contributed by atoms with Crippen LogP contribution in [0.2, 0.25) is 0 Å². The molecule has 2 aliphatic heterocycles. The van der Waals surface area contributed by atoms with Gasteiger partial charge in [0.1, 0.15) is 12.2 Å². The fourth-order valence-corrected chi connectivity index (χ4v) is 6.09. The monoisotopic (exact) mass is 576 g/mol. The quantitative estimate of drug-likeness (QED) is 0.503. The molecule has 1 aromatic heterocycles. The van der Waals surface area contributed by atoms with Gasteiger partial charge in [0.05, 0.1) is 30.6 Å². The van der Waals surface area contributed by atoms with Crippen molar-refractivity contribution >= 4 is 35.1 Å². The normalized spacial score (nSPS) is 19.1. The fraction of sp³-hybridized carbons (Fsp3) is 0.556. The van der Waals surface area contributed by atoms with Gasteiger partial charge in [-0.15, -0.1) is 0 Å². The number of nitrogens with two attached hydrogens (primary N) is 1. The molecule has 0 atom stereocenters. The van der Waals surface area contributed by atoms with Crippen LogP contribution < -0.4 is 25.7 Å². The lowest BCUT2D eigenvalue weighted by Crippen LogP contribution is -2.61. The van der Waals surface area contributed by atoms with E-state index in [1.54, 1.807) is 6.07 Å². The van der Waals surface area contributed by atoms with Crippen molar-refractivity contribution in [1.29, 1.82) is 0 Å². The van der Waals surface area contributed by atoms with Gasteiger partial charge in [-0.3, -0.25) is 14.7 Å². The minimum absolute atomic E-state index is 0.0715. The number of anilines is 4. The van der Waals surface area contributed by atoms with E-state index in [-0.39, 0.29) is 35.0 Å². The van der Waals surface area contributed by atoms with Gasteiger partial charge < -0.3 is 20.7 Å². The van der Waals surface area contributed by atoms with E-state index in [0.29, 0.717) is 24.2 Å². The number of urea groups is 1. The molecule has 0 unspecified atom stereocenters. The van der Waals surface area contributed by atoms with Gasteiger partial charge in [-0.2, -0.15) is 18.2 Å². The molecule has 3 heterocycles. The summed E-state index contributed by atoms with van der Waals surface area (Å²) in [6, 6.07) is 2.49. The number of nitrogens with zero attached hydrogens (tertiary/aromatic N) is 6. The maximum absolute atomic E-state index is 13.6. The molecule has 41 heavy (non-hydrogen) atoms. The number of benzene rings is 1. The van der Waals surface area contributed by atoms with Gasteiger partial charge in [-0.05, 0) is 63.4 Å². The zero-order valence-electron chi connectivity index (χ0n) is 23.4. The molecule has 14 heteroatoms. The van der Waals surface area contributed by atoms with Crippen LogP contribution in [0.25, 0.3) is 0 Å². The van der Waals surface area contributed by atoms with Gasteiger partial charge >= 0.3 is 12.2 Å². The Morgan fingerprint density at radius 2 is 1.83 bits per heavy atom. The van der Waals surface area contributed by atoms with Crippen LogP contribution in [0.1, 0.15) is 60.4 Å². The molecule has 2 fully saturated rings. The lowest BCUT2D eigenvalue weighted by Gasteiger charge is -2.46. The van der Waals surface area contributed by atoms with Crippen molar-refractivity contribution in [3.05, 3.63) is 29.5 Å². The summed E-state index contributed by atoms with van der Waals surface area (Å²) in [5.74, 6) is 0.0272. The lowest BCUT2D eigenvalue weighted by atomic mass is 9.85. The van der Waals surface area contributed by atoms with Crippen molar-refractivity contribution in [2.75, 3.05) is 56.1 Å². The number of amides is 3. The Balaban J connectivity index is 1.53. The van der Waals surface area contributed by atoms with Crippen molar-refractivity contribution in [3.63, 3.8) is 0 Å². The van der Waals surface area contributed by atoms with E-state index in [0.717, 1.165) is 54.2 Å². The van der Waals surface area contributed by atoms with Gasteiger partial charge in [-0.25, -0.2) is 14.8 Å². The zero-order chi connectivity index (χ0) is 29.5. The number of carbonyl (C=O) groups is 2. The predicted octanol–water partition coefficient (Wildman–Crippen LogP) is 4.24. The van der Waals surface area contributed by atoms with Crippen LogP contribution in [0.3, 0.4) is 0 Å². The van der Waals surface area contributed by atoms with Crippen LogP contribution in [-0.2, 0) is 0 Å². The SMILES string of the molecule is COc1c(Nc2ncc3c(n2)N(C2CCCC2)N(CC(F)(F)F)C(=O)N3C)ccc(C2CCN(C)CC2)c1C(N)=O. The number of hydrogen-bond acceptors (Lipinski definition) is 8. The van der Waals surface area contributed by atoms with Crippen molar-refractivity contribution < 1.29 is 27.5 Å². The van der Waals surface area contributed by atoms with Crippen LogP contribution in [-0.4, -0.2) is 84.9 Å². The molecular formula is C27H35F3N8O3. The molecule has 0 bridgehead atoms. The fourth-order valence-electron chi connectivity index (χ4n) is 6.09. The summed E-state index contributed by atoms with van der Waals surface area (Å²) in [6.45, 7) is 0.356. The molecule has 11 nitrogen and oxygen atoms in total. The number of piperidine rings is 1. The van der Waals surface area contributed by atoms with Crippen molar-refractivity contribution in [3.8, 4) is 5.75 Å². The summed E-state index contributed by atoms with van der Waals surface area (Å²) in [5.41, 5.74) is 7.61. The topological polar surface area (TPSA) is 120 Å². The average Bonchev–Trinajstić information content (AvgIpc) is 3.45. The Morgan fingerprint density at radius 1 is 1.15 bits per heavy atom. The summed E-state index contributed by atoms with van der Waals surface area (Å²) in [7, 11) is 4.90. The highest BCUT2D eigenvalue weighted by atomic mass is 19.4. The number of aromatic nitrogens is 2. The first kappa shape index (κ1) is 28.7. The van der Waals surface area contributed by atoms with Crippen LogP contribution in [0.15, 0.2) is 18.3 Å². The van der Waals surface area contributed by atoms with Gasteiger partial charge in [0.25, 0.3) is 5.91 Å². The molecule has 3 aliphatic rings. The van der Waals surface area contributed by atoms with Crippen LogP contribution in [0.4, 0.5) is 41.1 Å². The average molecular weight is 577 g/mol. The number of primary amides is 1. The van der Waals surface area contributed by atoms with Crippen LogP contribution >= 0.6 is 0 Å². The number of methoxy groups -OCH3 is 1. The highest BCUT2D eigenvalue weighted by Crippen LogP contribution is 2.42. The second kappa shape index (κ2) is 11.2. The number of rotatable bonds is 7. The number of hydrazine groups is 1. The van der Waals surface area contributed by atoms with E-state index in [4.69, 9.17) is 10.5 Å². The third-order valence-corrected chi connectivity index (χ3v) is 8.14. The Kier molecular flexibility index (Phi) is 7.86. The molecular weight excluding hydrogens is 541 g/mol. The van der Waals surface area contributed by atoms with Crippen LogP contribution in [0, 0.1) is 0 Å². The first-order valence-corrected chi connectivity index (χ1v) is 13.7. The number of fused-ring (bicyclic) bond motifs is 1. The van der Waals surface area contributed by atoms with Gasteiger partial charge in [0.2, 0.25) is 5.95 Å². The minimum Gasteiger partial charge on any atom is -0.494 e. The van der Waals surface area contributed by atoms with Crippen molar-refractivity contribution in [1.82, 2.24) is 19.9 Å². The molecule has 3 N–H and O–H groups in total. The Morgan fingerprint density at radius 3 is 2.44 bits per heavy atom. The van der Waals surface area contributed by atoms with Gasteiger partial charge in [-0.1, -0.05) is 18.9 Å². The number of ether oxygens (including phenoxy) is 1. The number of halogens is 3. The molecule has 1 aromatic carbocycles. The van der Waals surface area contributed by atoms with Crippen molar-refractivity contribution in [2.45, 2.75) is 56.7 Å². The van der Waals surface area contributed by atoms with E-state index in [9.17, 15) is 22.8 Å². The summed E-state index contributed by atoms with van der Waals surface area (Å²) in [5, 5.41) is 5.17. The molecule has 1 aliphatic carbocycles. The van der Waals surface area contributed by atoms with E-state index in [1.807, 2.05) is 6.07 Å². The highest BCUT2D eigenvalue weighted by Gasteiger charge is 2.45. The third kappa shape index (κ3) is 5.69. The molecule has 1 saturated carbocycles. The first-order valence-electron chi connectivity index (χ1n) is 13.7. The number of nitrogens with one attached hydrogen (secondary N) is 1. The van der Waals surface area contributed by atoms with E-state index >= 15 is 0 Å². The smallest absolute Gasteiger partial charge is 0.408 e. The number of carbonyl (C=O) groups excluding carboxylic acids is 2. The molecule has 0 spiro atoms. The van der Waals surface area contributed by atoms with Crippen LogP contribution in [0.5, 0.6) is 5.75 Å². The number of likely N-dealkylation sites (tertiary alicyclic amines) is 1. The number of alkyl halides is 3. The maximum Gasteiger partial charge on any atom is 0.408 e. The summed E-state index contributed by atoms with van der Waals surface area (Å²) in [6.07, 6.45) is 1.49. The highest BCUT2D eigenvalue weighted by molar-refractivity contribution is 6.00. The van der Waals surface area contributed by atoms with E-state index in [2.05, 4.69) is 27.2 Å². The Labute approximate surface area is 236 Å². The second-order valence-corrected chi connectivity index (χ2v) is 10.9. The summed E-state index contributed by atoms with van der Waals surface area (Å²) >= 11 is 0. The molecule has 0 radical (unpaired) electrons.